The fraction of sp³-hybridized carbons (Fsp3) is 0.556. The summed E-state index contributed by atoms with van der Waals surface area (Å²) >= 11 is 7.17. The third-order valence-corrected chi connectivity index (χ3v) is 3.47. The van der Waals surface area contributed by atoms with Crippen LogP contribution in [-0.2, 0) is 11.3 Å². The first-order valence-electron chi connectivity index (χ1n) is 4.71. The summed E-state index contributed by atoms with van der Waals surface area (Å²) in [5.41, 5.74) is 0.947. The molecule has 0 unspecified atom stereocenters. The minimum absolute atomic E-state index is 0.169. The molecule has 0 radical (unpaired) electrons. The second-order valence-corrected chi connectivity index (χ2v) is 5.06. The van der Waals surface area contributed by atoms with Gasteiger partial charge in [0.15, 0.2) is 4.47 Å². The van der Waals surface area contributed by atoms with E-state index in [9.17, 15) is 4.79 Å². The fourth-order valence-corrected chi connectivity index (χ4v) is 2.30. The van der Waals surface area contributed by atoms with E-state index in [1.807, 2.05) is 12.4 Å². The highest BCUT2D eigenvalue weighted by Gasteiger charge is 2.21. The van der Waals surface area contributed by atoms with E-state index < -0.39 is 0 Å². The second-order valence-electron chi connectivity index (χ2n) is 3.62. The lowest BCUT2D eigenvalue weighted by Gasteiger charge is -2.31. The highest BCUT2D eigenvalue weighted by Crippen LogP contribution is 2.16. The molecule has 1 aromatic heterocycles. The van der Waals surface area contributed by atoms with Gasteiger partial charge in [-0.2, -0.15) is 0 Å². The fourth-order valence-electron chi connectivity index (χ4n) is 1.53. The van der Waals surface area contributed by atoms with Crippen LogP contribution in [0.1, 0.15) is 5.69 Å². The number of nitrogens with zero attached hydrogens (tertiary/aromatic N) is 3. The van der Waals surface area contributed by atoms with Crippen LogP contribution in [-0.4, -0.2) is 47.4 Å². The molecule has 2 rings (SSSR count). The van der Waals surface area contributed by atoms with E-state index in [1.165, 1.54) is 11.3 Å². The molecule has 15 heavy (non-hydrogen) atoms. The van der Waals surface area contributed by atoms with E-state index in [-0.39, 0.29) is 5.91 Å². The normalized spacial score (nSPS) is 18.5. The molecule has 6 heteroatoms. The van der Waals surface area contributed by atoms with E-state index in [0.29, 0.717) is 17.6 Å². The minimum atomic E-state index is 0.169. The molecule has 0 saturated carbocycles. The lowest BCUT2D eigenvalue weighted by Crippen LogP contribution is -2.48. The standard InChI is InChI=1S/C9H12ClN3OS/c1-12-2-3-13(5-8(12)14)4-7-6-15-9(10)11-7/h6H,2-5H2,1H3. The molecule has 0 aliphatic carbocycles. The lowest BCUT2D eigenvalue weighted by atomic mass is 10.3. The summed E-state index contributed by atoms with van der Waals surface area (Å²) in [5, 5.41) is 1.94. The first-order valence-corrected chi connectivity index (χ1v) is 5.97. The average Bonchev–Trinajstić information content (AvgIpc) is 2.58. The molecule has 1 aliphatic rings. The van der Waals surface area contributed by atoms with Crippen molar-refractivity contribution in [2.24, 2.45) is 0 Å². The molecular formula is C9H12ClN3OS. The van der Waals surface area contributed by atoms with Crippen LogP contribution in [0.3, 0.4) is 0 Å². The average molecular weight is 246 g/mol. The van der Waals surface area contributed by atoms with Crippen molar-refractivity contribution in [2.75, 3.05) is 26.7 Å². The van der Waals surface area contributed by atoms with Gasteiger partial charge in [0.2, 0.25) is 5.91 Å². The molecule has 82 valence electrons. The van der Waals surface area contributed by atoms with Gasteiger partial charge in [-0.05, 0) is 0 Å². The number of halogens is 1. The molecule has 1 saturated heterocycles. The topological polar surface area (TPSA) is 36.4 Å². The van der Waals surface area contributed by atoms with Crippen molar-refractivity contribution in [1.29, 1.82) is 0 Å². The number of carbonyl (C=O) groups excluding carboxylic acids is 1. The van der Waals surface area contributed by atoms with Gasteiger partial charge in [0.25, 0.3) is 0 Å². The Morgan fingerprint density at radius 2 is 2.40 bits per heavy atom. The Hall–Kier alpha value is -0.650. The zero-order valence-corrected chi connectivity index (χ0v) is 10.0. The van der Waals surface area contributed by atoms with E-state index in [0.717, 1.165) is 18.8 Å². The van der Waals surface area contributed by atoms with Crippen molar-refractivity contribution in [2.45, 2.75) is 6.54 Å². The van der Waals surface area contributed by atoms with Crippen molar-refractivity contribution >= 4 is 28.8 Å². The van der Waals surface area contributed by atoms with Gasteiger partial charge in [-0.25, -0.2) is 4.98 Å². The Labute approximate surface area is 97.5 Å². The third kappa shape index (κ3) is 2.68. The summed E-state index contributed by atoms with van der Waals surface area (Å²) in [6.45, 7) is 2.88. The van der Waals surface area contributed by atoms with Gasteiger partial charge in [0.05, 0.1) is 12.2 Å². The van der Waals surface area contributed by atoms with Crippen molar-refractivity contribution in [3.8, 4) is 0 Å². The molecule has 0 aromatic carbocycles. The Bertz CT molecular complexity index is 368. The van der Waals surface area contributed by atoms with E-state index >= 15 is 0 Å². The Balaban J connectivity index is 1.93. The van der Waals surface area contributed by atoms with Crippen LogP contribution < -0.4 is 0 Å². The predicted molar refractivity (Wildman–Crippen MR) is 60.0 cm³/mol. The number of piperazine rings is 1. The largest absolute Gasteiger partial charge is 0.343 e. The summed E-state index contributed by atoms with van der Waals surface area (Å²) in [4.78, 5) is 19.5. The zero-order valence-electron chi connectivity index (χ0n) is 8.44. The predicted octanol–water partition coefficient (Wildman–Crippen LogP) is 1.07. The number of likely N-dealkylation sites (N-methyl/N-ethyl adjacent to an activating group) is 1. The van der Waals surface area contributed by atoms with Gasteiger partial charge in [-0.1, -0.05) is 11.6 Å². The number of carbonyl (C=O) groups is 1. The maximum Gasteiger partial charge on any atom is 0.236 e. The van der Waals surface area contributed by atoms with Crippen molar-refractivity contribution in [3.05, 3.63) is 15.5 Å². The number of aromatic nitrogens is 1. The smallest absolute Gasteiger partial charge is 0.236 e. The maximum absolute atomic E-state index is 11.4. The molecule has 0 bridgehead atoms. The summed E-state index contributed by atoms with van der Waals surface area (Å²) in [6, 6.07) is 0. The minimum Gasteiger partial charge on any atom is -0.343 e. The number of hydrogen-bond donors (Lipinski definition) is 0. The second kappa shape index (κ2) is 4.47. The Kier molecular flexibility index (Phi) is 3.23. The van der Waals surface area contributed by atoms with Crippen LogP contribution in [0.2, 0.25) is 4.47 Å². The molecule has 1 amide bonds. The molecular weight excluding hydrogens is 234 g/mol. The molecule has 4 nitrogen and oxygen atoms in total. The Morgan fingerprint density at radius 3 is 3.00 bits per heavy atom. The molecule has 1 fully saturated rings. The van der Waals surface area contributed by atoms with E-state index in [2.05, 4.69) is 9.88 Å². The molecule has 2 heterocycles. The monoisotopic (exact) mass is 245 g/mol. The third-order valence-electron chi connectivity index (χ3n) is 2.45. The van der Waals surface area contributed by atoms with Gasteiger partial charge >= 0.3 is 0 Å². The van der Waals surface area contributed by atoms with Crippen molar-refractivity contribution < 1.29 is 4.79 Å². The highest BCUT2D eigenvalue weighted by molar-refractivity contribution is 7.13. The summed E-state index contributed by atoms with van der Waals surface area (Å²) in [7, 11) is 1.83. The van der Waals surface area contributed by atoms with Crippen LogP contribution in [0.4, 0.5) is 0 Å². The van der Waals surface area contributed by atoms with E-state index in [1.54, 1.807) is 4.90 Å². The summed E-state index contributed by atoms with van der Waals surface area (Å²) < 4.78 is 0.561. The van der Waals surface area contributed by atoms with Gasteiger partial charge in [0, 0.05) is 32.1 Å². The molecule has 0 N–H and O–H groups in total. The highest BCUT2D eigenvalue weighted by atomic mass is 35.5. The summed E-state index contributed by atoms with van der Waals surface area (Å²) in [6.07, 6.45) is 0. The van der Waals surface area contributed by atoms with Crippen LogP contribution in [0.5, 0.6) is 0 Å². The summed E-state index contributed by atoms with van der Waals surface area (Å²) in [5.74, 6) is 0.169. The van der Waals surface area contributed by atoms with Crippen molar-refractivity contribution in [3.63, 3.8) is 0 Å². The molecule has 0 atom stereocenters. The van der Waals surface area contributed by atoms with E-state index in [4.69, 9.17) is 11.6 Å². The van der Waals surface area contributed by atoms with Gasteiger partial charge < -0.3 is 4.90 Å². The first-order chi connectivity index (χ1) is 7.15. The zero-order chi connectivity index (χ0) is 10.8. The number of amides is 1. The quantitative estimate of drug-likeness (QED) is 0.782. The molecule has 1 aliphatic heterocycles. The number of thiazole rings is 1. The SMILES string of the molecule is CN1CCN(Cc2csc(Cl)n2)CC1=O. The number of rotatable bonds is 2. The van der Waals surface area contributed by atoms with Crippen LogP contribution in [0.25, 0.3) is 0 Å². The Morgan fingerprint density at radius 1 is 1.60 bits per heavy atom. The number of hydrogen-bond acceptors (Lipinski definition) is 4. The van der Waals surface area contributed by atoms with Gasteiger partial charge in [-0.15, -0.1) is 11.3 Å². The van der Waals surface area contributed by atoms with Gasteiger partial charge in [-0.3, -0.25) is 9.69 Å². The first kappa shape index (κ1) is 10.9. The van der Waals surface area contributed by atoms with Crippen LogP contribution in [0.15, 0.2) is 5.38 Å². The molecule has 1 aromatic rings. The van der Waals surface area contributed by atoms with Crippen LogP contribution in [0, 0.1) is 0 Å². The lowest BCUT2D eigenvalue weighted by molar-refractivity contribution is -0.134. The maximum atomic E-state index is 11.4. The molecule has 0 spiro atoms. The van der Waals surface area contributed by atoms with Gasteiger partial charge in [0.1, 0.15) is 0 Å². The van der Waals surface area contributed by atoms with Crippen molar-refractivity contribution in [1.82, 2.24) is 14.8 Å². The van der Waals surface area contributed by atoms with Crippen LogP contribution >= 0.6 is 22.9 Å².